The van der Waals surface area contributed by atoms with Crippen LogP contribution in [0, 0.1) is 11.3 Å². The van der Waals surface area contributed by atoms with Gasteiger partial charge in [0.25, 0.3) is 0 Å². The van der Waals surface area contributed by atoms with Crippen molar-refractivity contribution < 1.29 is 19.4 Å². The maximum Gasteiger partial charge on any atom is 0.316 e. The molecule has 1 rings (SSSR count). The number of aliphatic hydroxyl groups excluding tert-OH is 1. The summed E-state index contributed by atoms with van der Waals surface area (Å²) in [5.41, 5.74) is 0.333. The van der Waals surface area contributed by atoms with E-state index in [4.69, 9.17) is 4.74 Å². The highest BCUT2D eigenvalue weighted by atomic mass is 16.5. The fraction of sp³-hybridized carbons (Fsp3) is 0.750. The topological polar surface area (TPSA) is 76.0 Å². The summed E-state index contributed by atoms with van der Waals surface area (Å²) >= 11 is 0. The van der Waals surface area contributed by atoms with Gasteiger partial charge in [-0.2, -0.15) is 0 Å². The van der Waals surface area contributed by atoms with Gasteiger partial charge in [0.05, 0.1) is 12.7 Å². The molecule has 0 aliphatic heterocycles. The first kappa shape index (κ1) is 21.4. The summed E-state index contributed by atoms with van der Waals surface area (Å²) in [6.45, 7) is 8.52. The number of aliphatic imine (C=N–C) groups is 1. The number of carbonyl (C=O) groups is 2. The summed E-state index contributed by atoms with van der Waals surface area (Å²) in [6, 6.07) is 0. The number of Topliss-reactive ketones (excluding diaryl/α,β-unsaturated/α-hetero) is 1. The SMILES string of the molecule is CCCCCCN=C1CC(C)(C)C(C(=O)OC)C(O)=C1C(=O)CCC. The largest absolute Gasteiger partial charge is 0.511 e. The van der Waals surface area contributed by atoms with Crippen LogP contribution in [-0.4, -0.2) is 36.2 Å². The molecule has 25 heavy (non-hydrogen) atoms. The number of hydrogen-bond donors (Lipinski definition) is 1. The third-order valence-electron chi connectivity index (χ3n) is 4.73. The van der Waals surface area contributed by atoms with Crippen molar-refractivity contribution in [3.63, 3.8) is 0 Å². The first-order valence-electron chi connectivity index (χ1n) is 9.37. The van der Waals surface area contributed by atoms with Crippen molar-refractivity contribution in [2.24, 2.45) is 16.3 Å². The Labute approximate surface area is 151 Å². The molecular formula is C20H33NO4. The Balaban J connectivity index is 3.21. The molecule has 0 bridgehead atoms. The van der Waals surface area contributed by atoms with Crippen molar-refractivity contribution in [1.29, 1.82) is 0 Å². The number of carbonyl (C=O) groups excluding carboxylic acids is 2. The van der Waals surface area contributed by atoms with E-state index in [9.17, 15) is 14.7 Å². The summed E-state index contributed by atoms with van der Waals surface area (Å²) in [6.07, 6.45) is 5.90. The zero-order valence-electron chi connectivity index (χ0n) is 16.4. The monoisotopic (exact) mass is 351 g/mol. The number of ether oxygens (including phenoxy) is 1. The Kier molecular flexibility index (Phi) is 8.33. The predicted molar refractivity (Wildman–Crippen MR) is 99.9 cm³/mol. The molecule has 5 nitrogen and oxygen atoms in total. The van der Waals surface area contributed by atoms with Gasteiger partial charge in [0.1, 0.15) is 11.7 Å². The normalized spacial score (nSPS) is 21.5. The minimum absolute atomic E-state index is 0.142. The number of nitrogens with zero attached hydrogens (tertiary/aromatic N) is 1. The molecule has 0 heterocycles. The quantitative estimate of drug-likeness (QED) is 0.493. The molecule has 0 aromatic carbocycles. The number of aliphatic hydroxyl groups is 1. The number of unbranched alkanes of at least 4 members (excludes halogenated alkanes) is 3. The number of methoxy groups -OCH3 is 1. The maximum atomic E-state index is 12.6. The Morgan fingerprint density at radius 2 is 1.88 bits per heavy atom. The molecule has 0 saturated carbocycles. The Morgan fingerprint density at radius 3 is 2.44 bits per heavy atom. The highest BCUT2D eigenvalue weighted by Gasteiger charge is 2.47. The Morgan fingerprint density at radius 1 is 1.20 bits per heavy atom. The molecule has 0 aromatic heterocycles. The molecule has 0 radical (unpaired) electrons. The second-order valence-corrected chi connectivity index (χ2v) is 7.44. The van der Waals surface area contributed by atoms with Crippen LogP contribution in [0.15, 0.2) is 16.3 Å². The van der Waals surface area contributed by atoms with Crippen molar-refractivity contribution in [3.8, 4) is 0 Å². The molecule has 142 valence electrons. The average Bonchev–Trinajstić information content (AvgIpc) is 2.53. The molecule has 5 heteroatoms. The Bertz CT molecular complexity index is 546. The molecular weight excluding hydrogens is 318 g/mol. The molecule has 1 aliphatic rings. The van der Waals surface area contributed by atoms with Gasteiger partial charge in [-0.15, -0.1) is 0 Å². The van der Waals surface area contributed by atoms with Gasteiger partial charge in [0.15, 0.2) is 5.78 Å². The Hall–Kier alpha value is -1.65. The lowest BCUT2D eigenvalue weighted by molar-refractivity contribution is -0.149. The minimum Gasteiger partial charge on any atom is -0.511 e. The van der Waals surface area contributed by atoms with E-state index < -0.39 is 17.3 Å². The van der Waals surface area contributed by atoms with Gasteiger partial charge < -0.3 is 9.84 Å². The van der Waals surface area contributed by atoms with Crippen LogP contribution in [0.4, 0.5) is 0 Å². The number of esters is 1. The molecule has 1 atom stereocenters. The lowest BCUT2D eigenvalue weighted by Gasteiger charge is -2.37. The van der Waals surface area contributed by atoms with Gasteiger partial charge in [-0.05, 0) is 24.7 Å². The van der Waals surface area contributed by atoms with E-state index in [1.54, 1.807) is 0 Å². The van der Waals surface area contributed by atoms with Crippen molar-refractivity contribution in [3.05, 3.63) is 11.3 Å². The fourth-order valence-corrected chi connectivity index (χ4v) is 3.38. The van der Waals surface area contributed by atoms with E-state index >= 15 is 0 Å². The molecule has 0 spiro atoms. The summed E-state index contributed by atoms with van der Waals surface area (Å²) in [5, 5.41) is 10.8. The lowest BCUT2D eigenvalue weighted by atomic mass is 9.67. The molecule has 0 fully saturated rings. The lowest BCUT2D eigenvalue weighted by Crippen LogP contribution is -2.42. The molecule has 1 N–H and O–H groups in total. The van der Waals surface area contributed by atoms with E-state index in [1.165, 1.54) is 13.5 Å². The third kappa shape index (κ3) is 5.41. The van der Waals surface area contributed by atoms with Crippen molar-refractivity contribution >= 4 is 17.5 Å². The average molecular weight is 351 g/mol. The van der Waals surface area contributed by atoms with E-state index in [-0.39, 0.29) is 17.1 Å². The predicted octanol–water partition coefficient (Wildman–Crippen LogP) is 4.41. The van der Waals surface area contributed by atoms with Crippen LogP contribution in [-0.2, 0) is 14.3 Å². The summed E-state index contributed by atoms with van der Waals surface area (Å²) in [5.74, 6) is -1.65. The van der Waals surface area contributed by atoms with Gasteiger partial charge in [-0.3, -0.25) is 14.6 Å². The van der Waals surface area contributed by atoms with Crippen LogP contribution in [0.2, 0.25) is 0 Å². The van der Waals surface area contributed by atoms with E-state index in [1.807, 2.05) is 20.8 Å². The van der Waals surface area contributed by atoms with Gasteiger partial charge >= 0.3 is 5.97 Å². The maximum absolute atomic E-state index is 12.6. The van der Waals surface area contributed by atoms with Crippen LogP contribution in [0.1, 0.15) is 72.6 Å². The first-order valence-corrected chi connectivity index (χ1v) is 9.37. The highest BCUT2D eigenvalue weighted by molar-refractivity contribution is 6.24. The fourth-order valence-electron chi connectivity index (χ4n) is 3.38. The van der Waals surface area contributed by atoms with Gasteiger partial charge in [-0.1, -0.05) is 47.0 Å². The highest BCUT2D eigenvalue weighted by Crippen LogP contribution is 2.43. The molecule has 0 aromatic rings. The molecule has 0 saturated heterocycles. The van der Waals surface area contributed by atoms with Crippen LogP contribution in [0.5, 0.6) is 0 Å². The number of ketones is 1. The molecule has 1 aliphatic carbocycles. The van der Waals surface area contributed by atoms with Crippen LogP contribution in [0.25, 0.3) is 0 Å². The number of allylic oxidation sites excluding steroid dienone is 1. The van der Waals surface area contributed by atoms with Crippen molar-refractivity contribution in [2.75, 3.05) is 13.7 Å². The summed E-state index contributed by atoms with van der Waals surface area (Å²) in [4.78, 5) is 29.4. The van der Waals surface area contributed by atoms with Crippen LogP contribution >= 0.6 is 0 Å². The smallest absolute Gasteiger partial charge is 0.316 e. The van der Waals surface area contributed by atoms with Gasteiger partial charge in [0, 0.05) is 18.7 Å². The standard InChI is InChI=1S/C20H33NO4/c1-6-8-9-10-12-21-14-13-20(3,4)17(19(24)25-5)18(23)16(14)15(22)11-7-2/h17,23H,6-13H2,1-5H3. The molecule has 1 unspecified atom stereocenters. The second kappa shape index (κ2) is 9.73. The van der Waals surface area contributed by atoms with Crippen molar-refractivity contribution in [1.82, 2.24) is 0 Å². The first-order chi connectivity index (χ1) is 11.8. The van der Waals surface area contributed by atoms with Gasteiger partial charge in [0.2, 0.25) is 0 Å². The van der Waals surface area contributed by atoms with Crippen molar-refractivity contribution in [2.45, 2.75) is 72.6 Å². The van der Waals surface area contributed by atoms with E-state index in [0.29, 0.717) is 31.5 Å². The zero-order chi connectivity index (χ0) is 19.0. The summed E-state index contributed by atoms with van der Waals surface area (Å²) < 4.78 is 4.86. The van der Waals surface area contributed by atoms with Crippen LogP contribution in [0.3, 0.4) is 0 Å². The van der Waals surface area contributed by atoms with Crippen LogP contribution < -0.4 is 0 Å². The minimum atomic E-state index is -0.827. The zero-order valence-corrected chi connectivity index (χ0v) is 16.4. The van der Waals surface area contributed by atoms with Gasteiger partial charge in [-0.25, -0.2) is 0 Å². The second-order valence-electron chi connectivity index (χ2n) is 7.44. The number of hydrogen-bond acceptors (Lipinski definition) is 5. The van der Waals surface area contributed by atoms with E-state index in [2.05, 4.69) is 11.9 Å². The number of rotatable bonds is 9. The molecule has 0 amide bonds. The summed E-state index contributed by atoms with van der Waals surface area (Å²) in [7, 11) is 1.30. The van der Waals surface area contributed by atoms with E-state index in [0.717, 1.165) is 19.3 Å². The third-order valence-corrected chi connectivity index (χ3v) is 4.73.